The van der Waals surface area contributed by atoms with Crippen molar-refractivity contribution in [1.82, 2.24) is 9.97 Å². The molecule has 6 nitrogen and oxygen atoms in total. The number of aromatic carboxylic acids is 1. The standard InChI is InChI=1S/C18H18N4O2/c1-10(2)22-16-7-12(6-14(18(23)24)15(16)8-19)13-5-11-3-4-20-17(11)21-9-13/h3-10,19,22H,1-2H3,(H,20,21)(H,23,24). The van der Waals surface area contributed by atoms with Gasteiger partial charge < -0.3 is 20.8 Å². The van der Waals surface area contributed by atoms with Gasteiger partial charge in [-0.25, -0.2) is 9.78 Å². The maximum Gasteiger partial charge on any atom is 0.336 e. The van der Waals surface area contributed by atoms with E-state index in [0.717, 1.165) is 28.4 Å². The van der Waals surface area contributed by atoms with E-state index in [-0.39, 0.29) is 11.6 Å². The Morgan fingerprint density at radius 1 is 1.33 bits per heavy atom. The molecule has 0 unspecified atom stereocenters. The molecule has 0 amide bonds. The Bertz CT molecular complexity index is 928. The molecule has 24 heavy (non-hydrogen) atoms. The van der Waals surface area contributed by atoms with Crippen molar-refractivity contribution in [3.05, 3.63) is 47.8 Å². The Hall–Kier alpha value is -3.15. The number of benzene rings is 1. The summed E-state index contributed by atoms with van der Waals surface area (Å²) < 4.78 is 0. The zero-order chi connectivity index (χ0) is 17.3. The Labute approximate surface area is 139 Å². The topological polar surface area (TPSA) is 102 Å². The van der Waals surface area contributed by atoms with Crippen molar-refractivity contribution in [2.75, 3.05) is 5.32 Å². The monoisotopic (exact) mass is 322 g/mol. The number of pyridine rings is 1. The molecule has 0 radical (unpaired) electrons. The first-order chi connectivity index (χ1) is 11.5. The summed E-state index contributed by atoms with van der Waals surface area (Å²) in [5.74, 6) is -1.06. The first-order valence-electron chi connectivity index (χ1n) is 7.61. The van der Waals surface area contributed by atoms with E-state index in [1.165, 1.54) is 0 Å². The van der Waals surface area contributed by atoms with E-state index >= 15 is 0 Å². The fraction of sp³-hybridized carbons (Fsp3) is 0.167. The number of hydrogen-bond acceptors (Lipinski definition) is 4. The molecule has 0 spiro atoms. The quantitative estimate of drug-likeness (QED) is 0.537. The van der Waals surface area contributed by atoms with Gasteiger partial charge in [0.05, 0.1) is 5.56 Å². The molecule has 0 fully saturated rings. The summed E-state index contributed by atoms with van der Waals surface area (Å²) in [6.07, 6.45) is 4.60. The third-order valence-electron chi connectivity index (χ3n) is 3.73. The molecule has 6 heteroatoms. The second kappa shape index (κ2) is 6.16. The first-order valence-corrected chi connectivity index (χ1v) is 7.61. The van der Waals surface area contributed by atoms with Crippen LogP contribution in [0, 0.1) is 5.41 Å². The highest BCUT2D eigenvalue weighted by atomic mass is 16.4. The van der Waals surface area contributed by atoms with Crippen molar-refractivity contribution in [1.29, 1.82) is 5.41 Å². The zero-order valence-electron chi connectivity index (χ0n) is 13.4. The largest absolute Gasteiger partial charge is 0.478 e. The number of carbonyl (C=O) groups is 1. The fourth-order valence-electron chi connectivity index (χ4n) is 2.68. The van der Waals surface area contributed by atoms with Gasteiger partial charge in [0.1, 0.15) is 5.65 Å². The summed E-state index contributed by atoms with van der Waals surface area (Å²) in [4.78, 5) is 19.0. The SMILES string of the molecule is CC(C)Nc1cc(-c2cnc3[nH]ccc3c2)cc(C(=O)O)c1C=N. The van der Waals surface area contributed by atoms with Gasteiger partial charge in [-0.3, -0.25) is 0 Å². The molecule has 0 aliphatic heterocycles. The lowest BCUT2D eigenvalue weighted by atomic mass is 9.97. The minimum atomic E-state index is -1.06. The van der Waals surface area contributed by atoms with Crippen LogP contribution < -0.4 is 5.32 Å². The molecule has 0 aliphatic rings. The van der Waals surface area contributed by atoms with Gasteiger partial charge in [-0.15, -0.1) is 0 Å². The number of aromatic nitrogens is 2. The van der Waals surface area contributed by atoms with Gasteiger partial charge in [0, 0.05) is 46.9 Å². The summed E-state index contributed by atoms with van der Waals surface area (Å²) in [7, 11) is 0. The molecular formula is C18H18N4O2. The van der Waals surface area contributed by atoms with Gasteiger partial charge in [0.25, 0.3) is 0 Å². The molecule has 2 aromatic heterocycles. The molecule has 3 aromatic rings. The highest BCUT2D eigenvalue weighted by Crippen LogP contribution is 2.30. The molecule has 2 heterocycles. The lowest BCUT2D eigenvalue weighted by molar-refractivity contribution is 0.0697. The van der Waals surface area contributed by atoms with Crippen LogP contribution in [-0.2, 0) is 0 Å². The maximum atomic E-state index is 11.6. The third kappa shape index (κ3) is 2.86. The highest BCUT2D eigenvalue weighted by Gasteiger charge is 2.16. The van der Waals surface area contributed by atoms with E-state index in [1.54, 1.807) is 12.3 Å². The lowest BCUT2D eigenvalue weighted by Crippen LogP contribution is -2.14. The molecule has 0 saturated carbocycles. The Kier molecular flexibility index (Phi) is 4.04. The molecule has 4 N–H and O–H groups in total. The van der Waals surface area contributed by atoms with E-state index in [2.05, 4.69) is 15.3 Å². The number of anilines is 1. The summed E-state index contributed by atoms with van der Waals surface area (Å²) in [6.45, 7) is 3.93. The van der Waals surface area contributed by atoms with Crippen LogP contribution in [0.3, 0.4) is 0 Å². The number of fused-ring (bicyclic) bond motifs is 1. The van der Waals surface area contributed by atoms with E-state index in [9.17, 15) is 9.90 Å². The minimum Gasteiger partial charge on any atom is -0.478 e. The van der Waals surface area contributed by atoms with E-state index in [4.69, 9.17) is 5.41 Å². The number of nitrogens with zero attached hydrogens (tertiary/aromatic N) is 1. The number of nitrogens with one attached hydrogen (secondary N) is 3. The first kappa shape index (κ1) is 15.7. The second-order valence-corrected chi connectivity index (χ2v) is 5.87. The van der Waals surface area contributed by atoms with Crippen LogP contribution in [0.25, 0.3) is 22.2 Å². The smallest absolute Gasteiger partial charge is 0.336 e. The van der Waals surface area contributed by atoms with Gasteiger partial charge in [-0.1, -0.05) is 0 Å². The number of hydrogen-bond donors (Lipinski definition) is 4. The van der Waals surface area contributed by atoms with Crippen LogP contribution in [0.5, 0.6) is 0 Å². The number of aromatic amines is 1. The summed E-state index contributed by atoms with van der Waals surface area (Å²) in [5.41, 5.74) is 3.46. The van der Waals surface area contributed by atoms with Crippen molar-refractivity contribution in [2.24, 2.45) is 0 Å². The Morgan fingerprint density at radius 2 is 2.12 bits per heavy atom. The molecule has 3 rings (SSSR count). The van der Waals surface area contributed by atoms with Gasteiger partial charge in [-0.05, 0) is 43.7 Å². The van der Waals surface area contributed by atoms with E-state index in [0.29, 0.717) is 11.3 Å². The van der Waals surface area contributed by atoms with Gasteiger partial charge >= 0.3 is 5.97 Å². The van der Waals surface area contributed by atoms with E-state index in [1.807, 2.05) is 38.2 Å². The maximum absolute atomic E-state index is 11.6. The molecular weight excluding hydrogens is 304 g/mol. The summed E-state index contributed by atoms with van der Waals surface area (Å²) in [5, 5.41) is 21.3. The normalized spacial score (nSPS) is 11.0. The van der Waals surface area contributed by atoms with Crippen LogP contribution in [0.2, 0.25) is 0 Å². The Morgan fingerprint density at radius 3 is 2.79 bits per heavy atom. The van der Waals surface area contributed by atoms with Gasteiger partial charge in [0.15, 0.2) is 0 Å². The van der Waals surface area contributed by atoms with Crippen molar-refractivity contribution >= 4 is 28.9 Å². The summed E-state index contributed by atoms with van der Waals surface area (Å²) in [6, 6.07) is 7.45. The summed E-state index contributed by atoms with van der Waals surface area (Å²) >= 11 is 0. The number of H-pyrrole nitrogens is 1. The second-order valence-electron chi connectivity index (χ2n) is 5.87. The van der Waals surface area contributed by atoms with Crippen LogP contribution in [0.1, 0.15) is 29.8 Å². The molecule has 0 bridgehead atoms. The highest BCUT2D eigenvalue weighted by molar-refractivity contribution is 6.03. The fourth-order valence-corrected chi connectivity index (χ4v) is 2.68. The van der Waals surface area contributed by atoms with Crippen molar-refractivity contribution in [3.8, 4) is 11.1 Å². The number of carboxylic acid groups (broad SMARTS) is 1. The lowest BCUT2D eigenvalue weighted by Gasteiger charge is -2.16. The minimum absolute atomic E-state index is 0.0971. The van der Waals surface area contributed by atoms with Crippen molar-refractivity contribution < 1.29 is 9.90 Å². The zero-order valence-corrected chi connectivity index (χ0v) is 13.4. The van der Waals surface area contributed by atoms with Crippen molar-refractivity contribution in [3.63, 3.8) is 0 Å². The molecule has 1 aromatic carbocycles. The molecule has 0 atom stereocenters. The average molecular weight is 322 g/mol. The third-order valence-corrected chi connectivity index (χ3v) is 3.73. The van der Waals surface area contributed by atoms with Crippen LogP contribution in [-0.4, -0.2) is 33.3 Å². The van der Waals surface area contributed by atoms with Gasteiger partial charge in [0.2, 0.25) is 0 Å². The number of carboxylic acids is 1. The van der Waals surface area contributed by atoms with Gasteiger partial charge in [-0.2, -0.15) is 0 Å². The van der Waals surface area contributed by atoms with Crippen LogP contribution >= 0.6 is 0 Å². The predicted molar refractivity (Wildman–Crippen MR) is 95.1 cm³/mol. The average Bonchev–Trinajstić information content (AvgIpc) is 3.00. The number of rotatable bonds is 5. The Balaban J connectivity index is 2.21. The molecule has 0 aliphatic carbocycles. The predicted octanol–water partition coefficient (Wildman–Crippen LogP) is 3.75. The van der Waals surface area contributed by atoms with Crippen LogP contribution in [0.4, 0.5) is 5.69 Å². The van der Waals surface area contributed by atoms with E-state index < -0.39 is 5.97 Å². The van der Waals surface area contributed by atoms with Crippen molar-refractivity contribution in [2.45, 2.75) is 19.9 Å². The molecule has 122 valence electrons. The van der Waals surface area contributed by atoms with Crippen LogP contribution in [0.15, 0.2) is 36.7 Å². The molecule has 0 saturated heterocycles.